The lowest BCUT2D eigenvalue weighted by Crippen LogP contribution is -2.00. The first-order valence-electron chi connectivity index (χ1n) is 5.78. The molecule has 4 nitrogen and oxygen atoms in total. The molecule has 0 aliphatic carbocycles. The van der Waals surface area contributed by atoms with Crippen molar-refractivity contribution in [3.8, 4) is 0 Å². The summed E-state index contributed by atoms with van der Waals surface area (Å²) in [6.07, 6.45) is 0. The van der Waals surface area contributed by atoms with Crippen molar-refractivity contribution < 1.29 is 18.5 Å². The lowest BCUT2D eigenvalue weighted by molar-refractivity contribution is 0.0661. The van der Waals surface area contributed by atoms with Gasteiger partial charge in [-0.2, -0.15) is 0 Å². The van der Waals surface area contributed by atoms with Gasteiger partial charge in [-0.3, -0.25) is 4.21 Å². The Balaban J connectivity index is 2.01. The molecule has 0 saturated heterocycles. The molecule has 0 fully saturated rings. The van der Waals surface area contributed by atoms with Crippen LogP contribution < -0.4 is 0 Å². The zero-order chi connectivity index (χ0) is 13.8. The van der Waals surface area contributed by atoms with Crippen molar-refractivity contribution >= 4 is 16.8 Å². The molecule has 1 aromatic carbocycles. The van der Waals surface area contributed by atoms with Gasteiger partial charge in [0.15, 0.2) is 0 Å². The third kappa shape index (κ3) is 3.54. The van der Waals surface area contributed by atoms with E-state index < -0.39 is 16.8 Å². The van der Waals surface area contributed by atoms with Crippen molar-refractivity contribution in [3.05, 3.63) is 59.0 Å². The van der Waals surface area contributed by atoms with Crippen molar-refractivity contribution in [1.82, 2.24) is 0 Å². The zero-order valence-corrected chi connectivity index (χ0v) is 11.3. The maximum absolute atomic E-state index is 12.0. The average Bonchev–Trinajstić information content (AvgIpc) is 2.80. The molecular formula is C14H14O4S. The SMILES string of the molecule is Cc1ccccc1CS(=O)Cc1ccc(C(=O)O)o1. The summed E-state index contributed by atoms with van der Waals surface area (Å²) in [5.74, 6) is -0.139. The smallest absolute Gasteiger partial charge is 0.371 e. The number of aromatic carboxylic acids is 1. The molecule has 2 aromatic rings. The zero-order valence-electron chi connectivity index (χ0n) is 10.5. The molecule has 1 atom stereocenters. The molecule has 1 heterocycles. The number of benzene rings is 1. The van der Waals surface area contributed by atoms with Crippen LogP contribution in [0.25, 0.3) is 0 Å². The molecule has 2 rings (SSSR count). The van der Waals surface area contributed by atoms with Gasteiger partial charge in [0.05, 0.1) is 5.75 Å². The van der Waals surface area contributed by atoms with Crippen LogP contribution in [0, 0.1) is 6.92 Å². The van der Waals surface area contributed by atoms with Gasteiger partial charge in [0.1, 0.15) is 5.76 Å². The quantitative estimate of drug-likeness (QED) is 0.913. The predicted octanol–water partition coefficient (Wildman–Crippen LogP) is 2.74. The Hall–Kier alpha value is -1.88. The number of carboxylic acids is 1. The van der Waals surface area contributed by atoms with Gasteiger partial charge in [-0.05, 0) is 30.2 Å². The topological polar surface area (TPSA) is 67.5 Å². The van der Waals surface area contributed by atoms with E-state index in [4.69, 9.17) is 9.52 Å². The monoisotopic (exact) mass is 278 g/mol. The van der Waals surface area contributed by atoms with Gasteiger partial charge >= 0.3 is 5.97 Å². The Morgan fingerprint density at radius 1 is 1.21 bits per heavy atom. The second kappa shape index (κ2) is 5.84. The molecule has 0 saturated carbocycles. The highest BCUT2D eigenvalue weighted by molar-refractivity contribution is 7.83. The highest BCUT2D eigenvalue weighted by Gasteiger charge is 2.12. The second-order valence-corrected chi connectivity index (χ2v) is 5.68. The van der Waals surface area contributed by atoms with Crippen LogP contribution in [0.1, 0.15) is 27.4 Å². The molecule has 1 N–H and O–H groups in total. The van der Waals surface area contributed by atoms with E-state index in [2.05, 4.69) is 0 Å². The first kappa shape index (κ1) is 13.5. The van der Waals surface area contributed by atoms with E-state index in [-0.39, 0.29) is 11.5 Å². The number of carbonyl (C=O) groups is 1. The summed E-state index contributed by atoms with van der Waals surface area (Å²) >= 11 is 0. The molecule has 100 valence electrons. The van der Waals surface area contributed by atoms with E-state index in [1.807, 2.05) is 31.2 Å². The number of aryl methyl sites for hydroxylation is 1. The van der Waals surface area contributed by atoms with Crippen molar-refractivity contribution in [2.24, 2.45) is 0 Å². The number of carboxylic acid groups (broad SMARTS) is 1. The van der Waals surface area contributed by atoms with E-state index in [0.29, 0.717) is 11.5 Å². The summed E-state index contributed by atoms with van der Waals surface area (Å²) in [7, 11) is -1.12. The number of hydrogen-bond acceptors (Lipinski definition) is 3. The van der Waals surface area contributed by atoms with Gasteiger partial charge < -0.3 is 9.52 Å². The number of hydrogen-bond donors (Lipinski definition) is 1. The van der Waals surface area contributed by atoms with Gasteiger partial charge in [0.2, 0.25) is 5.76 Å². The molecule has 0 bridgehead atoms. The fraction of sp³-hybridized carbons (Fsp3) is 0.214. The van der Waals surface area contributed by atoms with Gasteiger partial charge in [-0.25, -0.2) is 4.79 Å². The Morgan fingerprint density at radius 3 is 2.58 bits per heavy atom. The largest absolute Gasteiger partial charge is 0.475 e. The molecule has 5 heteroatoms. The van der Waals surface area contributed by atoms with Crippen molar-refractivity contribution in [2.75, 3.05) is 0 Å². The molecule has 0 radical (unpaired) electrons. The van der Waals surface area contributed by atoms with E-state index in [0.717, 1.165) is 11.1 Å². The van der Waals surface area contributed by atoms with Crippen LogP contribution in [0.2, 0.25) is 0 Å². The van der Waals surface area contributed by atoms with Crippen LogP contribution in [0.4, 0.5) is 0 Å². The standard InChI is InChI=1S/C14H14O4S/c1-10-4-2-3-5-11(10)8-19(17)9-12-6-7-13(18-12)14(15)16/h2-7H,8-9H2,1H3,(H,15,16). The molecule has 1 aromatic heterocycles. The van der Waals surface area contributed by atoms with Crippen molar-refractivity contribution in [3.63, 3.8) is 0 Å². The molecule has 0 aliphatic rings. The van der Waals surface area contributed by atoms with Crippen molar-refractivity contribution in [2.45, 2.75) is 18.4 Å². The van der Waals surface area contributed by atoms with Crippen molar-refractivity contribution in [1.29, 1.82) is 0 Å². The van der Waals surface area contributed by atoms with Crippen LogP contribution in [-0.2, 0) is 22.3 Å². The Bertz CT molecular complexity index is 615. The minimum absolute atomic E-state index is 0.122. The number of rotatable bonds is 5. The Kier molecular flexibility index (Phi) is 4.16. The minimum atomic E-state index is -1.12. The highest BCUT2D eigenvalue weighted by Crippen LogP contribution is 2.14. The molecule has 0 spiro atoms. The van der Waals surface area contributed by atoms with E-state index >= 15 is 0 Å². The van der Waals surface area contributed by atoms with Crippen LogP contribution in [-0.4, -0.2) is 15.3 Å². The predicted molar refractivity (Wildman–Crippen MR) is 72.4 cm³/mol. The maximum Gasteiger partial charge on any atom is 0.371 e. The molecular weight excluding hydrogens is 264 g/mol. The Labute approximate surface area is 113 Å². The molecule has 0 amide bonds. The number of furan rings is 1. The van der Waals surface area contributed by atoms with Crippen LogP contribution in [0.5, 0.6) is 0 Å². The fourth-order valence-corrected chi connectivity index (χ4v) is 2.97. The van der Waals surface area contributed by atoms with E-state index in [1.54, 1.807) is 6.07 Å². The fourth-order valence-electron chi connectivity index (χ4n) is 1.73. The molecule has 19 heavy (non-hydrogen) atoms. The summed E-state index contributed by atoms with van der Waals surface area (Å²) < 4.78 is 17.1. The molecule has 1 unspecified atom stereocenters. The summed E-state index contributed by atoms with van der Waals surface area (Å²) in [6.45, 7) is 1.97. The normalized spacial score (nSPS) is 12.3. The Morgan fingerprint density at radius 2 is 1.95 bits per heavy atom. The van der Waals surface area contributed by atoms with Gasteiger partial charge in [-0.15, -0.1) is 0 Å². The second-order valence-electron chi connectivity index (χ2n) is 4.23. The minimum Gasteiger partial charge on any atom is -0.475 e. The summed E-state index contributed by atoms with van der Waals surface area (Å²) in [5, 5.41) is 8.73. The van der Waals surface area contributed by atoms with Crippen LogP contribution in [0.15, 0.2) is 40.8 Å². The summed E-state index contributed by atoms with van der Waals surface area (Å²) in [4.78, 5) is 10.7. The third-order valence-electron chi connectivity index (χ3n) is 2.75. The third-order valence-corrected chi connectivity index (χ3v) is 3.99. The summed E-state index contributed by atoms with van der Waals surface area (Å²) in [6, 6.07) is 10.7. The lowest BCUT2D eigenvalue weighted by Gasteiger charge is -2.04. The molecule has 0 aliphatic heterocycles. The van der Waals surface area contributed by atoms with Gasteiger partial charge in [0, 0.05) is 16.6 Å². The van der Waals surface area contributed by atoms with Gasteiger partial charge in [0.25, 0.3) is 0 Å². The summed E-state index contributed by atoms with van der Waals surface area (Å²) in [5.41, 5.74) is 2.13. The van der Waals surface area contributed by atoms with E-state index in [9.17, 15) is 9.00 Å². The first-order valence-corrected chi connectivity index (χ1v) is 7.26. The lowest BCUT2D eigenvalue weighted by atomic mass is 10.1. The van der Waals surface area contributed by atoms with Crippen LogP contribution in [0.3, 0.4) is 0 Å². The average molecular weight is 278 g/mol. The maximum atomic E-state index is 12.0. The van der Waals surface area contributed by atoms with E-state index in [1.165, 1.54) is 6.07 Å². The van der Waals surface area contributed by atoms with Crippen LogP contribution >= 0.6 is 0 Å². The highest BCUT2D eigenvalue weighted by atomic mass is 32.2. The van der Waals surface area contributed by atoms with Gasteiger partial charge in [-0.1, -0.05) is 24.3 Å². The first-order chi connectivity index (χ1) is 9.06.